The molecule has 1 saturated carbocycles. The number of anilines is 1. The summed E-state index contributed by atoms with van der Waals surface area (Å²) in [5.74, 6) is -1.42. The van der Waals surface area contributed by atoms with Gasteiger partial charge in [-0.2, -0.15) is 12.7 Å². The Balaban J connectivity index is 1.58. The molecule has 1 aliphatic carbocycles. The van der Waals surface area contributed by atoms with Crippen LogP contribution in [-0.4, -0.2) is 61.4 Å². The quantitative estimate of drug-likeness (QED) is 0.727. The van der Waals surface area contributed by atoms with Crippen LogP contribution in [-0.2, 0) is 23.2 Å². The summed E-state index contributed by atoms with van der Waals surface area (Å²) < 4.78 is 58.0. The van der Waals surface area contributed by atoms with Crippen molar-refractivity contribution in [2.45, 2.75) is 51.5 Å². The number of benzene rings is 1. The Hall–Kier alpha value is -1.78. The number of imidazole rings is 1. The lowest BCUT2D eigenvalue weighted by atomic mass is 9.86. The number of piperazine rings is 1. The molecule has 1 aromatic heterocycles. The number of aryl methyl sites for hydroxylation is 1. The van der Waals surface area contributed by atoms with E-state index in [0.29, 0.717) is 51.3 Å². The standard InChI is InChI=1S/C21H31F2N5O2S/c1-3-20-25-18-14-17(26(2)31(29,30)27-12-10-24-11-13-27)4-5-19(18)28(20)15-16-6-8-21(22,23)9-7-16/h4-5,14,16,24H,3,6-13,15H2,1-2H3. The van der Waals surface area contributed by atoms with Crippen molar-refractivity contribution in [2.24, 2.45) is 5.92 Å². The molecule has 1 aromatic carbocycles. The summed E-state index contributed by atoms with van der Waals surface area (Å²) in [5, 5.41) is 3.16. The fourth-order valence-corrected chi connectivity index (χ4v) is 5.93. The van der Waals surface area contributed by atoms with Crippen molar-refractivity contribution < 1.29 is 17.2 Å². The van der Waals surface area contributed by atoms with Crippen LogP contribution in [0.2, 0.25) is 0 Å². The number of fused-ring (bicyclic) bond motifs is 1. The number of nitrogens with one attached hydrogen (secondary N) is 1. The SMILES string of the molecule is CCc1nc2cc(N(C)S(=O)(=O)N3CCNCC3)ccc2n1CC1CCC(F)(F)CC1. The summed E-state index contributed by atoms with van der Waals surface area (Å²) in [4.78, 5) is 4.73. The van der Waals surface area contributed by atoms with Gasteiger partial charge in [-0.15, -0.1) is 0 Å². The molecule has 2 fully saturated rings. The number of hydrogen-bond acceptors (Lipinski definition) is 4. The molecule has 0 unspecified atom stereocenters. The number of nitrogens with zero attached hydrogens (tertiary/aromatic N) is 4. The van der Waals surface area contributed by atoms with Crippen LogP contribution in [0.4, 0.5) is 14.5 Å². The molecular weight excluding hydrogens is 424 g/mol. The lowest BCUT2D eigenvalue weighted by Crippen LogP contribution is -2.51. The molecule has 31 heavy (non-hydrogen) atoms. The van der Waals surface area contributed by atoms with Crippen molar-refractivity contribution in [2.75, 3.05) is 37.5 Å². The average Bonchev–Trinajstić information content (AvgIpc) is 3.12. The highest BCUT2D eigenvalue weighted by atomic mass is 32.2. The number of halogens is 2. The lowest BCUT2D eigenvalue weighted by Gasteiger charge is -2.31. The first-order valence-electron chi connectivity index (χ1n) is 11.0. The Kier molecular flexibility index (Phi) is 6.24. The van der Waals surface area contributed by atoms with Crippen LogP contribution in [0.25, 0.3) is 11.0 Å². The molecular formula is C21H31F2N5O2S. The van der Waals surface area contributed by atoms with Gasteiger partial charge in [-0.05, 0) is 37.0 Å². The van der Waals surface area contributed by atoms with E-state index in [1.165, 1.54) is 8.61 Å². The zero-order valence-corrected chi connectivity index (χ0v) is 19.0. The highest BCUT2D eigenvalue weighted by Crippen LogP contribution is 2.37. The summed E-state index contributed by atoms with van der Waals surface area (Å²) in [6, 6.07) is 5.51. The molecule has 0 amide bonds. The van der Waals surface area contributed by atoms with E-state index in [0.717, 1.165) is 23.3 Å². The lowest BCUT2D eigenvalue weighted by molar-refractivity contribution is -0.0472. The van der Waals surface area contributed by atoms with Gasteiger partial charge in [-0.3, -0.25) is 4.31 Å². The summed E-state index contributed by atoms with van der Waals surface area (Å²) in [7, 11) is -2.04. The van der Waals surface area contributed by atoms with Crippen molar-refractivity contribution in [1.29, 1.82) is 0 Å². The van der Waals surface area contributed by atoms with Gasteiger partial charge in [0.15, 0.2) is 0 Å². The molecule has 0 spiro atoms. The van der Waals surface area contributed by atoms with Gasteiger partial charge < -0.3 is 9.88 Å². The normalized spacial score (nSPS) is 20.9. The van der Waals surface area contributed by atoms with E-state index in [9.17, 15) is 17.2 Å². The minimum absolute atomic E-state index is 0.0510. The maximum Gasteiger partial charge on any atom is 0.303 e. The molecule has 7 nitrogen and oxygen atoms in total. The first-order valence-corrected chi connectivity index (χ1v) is 12.4. The van der Waals surface area contributed by atoms with Gasteiger partial charge in [-0.25, -0.2) is 13.8 Å². The van der Waals surface area contributed by atoms with E-state index in [-0.39, 0.29) is 18.8 Å². The van der Waals surface area contributed by atoms with Gasteiger partial charge in [0.2, 0.25) is 5.92 Å². The second-order valence-electron chi connectivity index (χ2n) is 8.59. The summed E-state index contributed by atoms with van der Waals surface area (Å²) >= 11 is 0. The van der Waals surface area contributed by atoms with Crippen molar-refractivity contribution in [3.8, 4) is 0 Å². The van der Waals surface area contributed by atoms with E-state index >= 15 is 0 Å². The van der Waals surface area contributed by atoms with Gasteiger partial charge in [0.25, 0.3) is 0 Å². The number of rotatable bonds is 6. The first kappa shape index (κ1) is 22.4. The molecule has 1 saturated heterocycles. The fraction of sp³-hybridized carbons (Fsp3) is 0.667. The van der Waals surface area contributed by atoms with E-state index in [1.807, 2.05) is 13.0 Å². The van der Waals surface area contributed by atoms with Crippen LogP contribution in [0.1, 0.15) is 38.4 Å². The van der Waals surface area contributed by atoms with E-state index in [1.54, 1.807) is 19.2 Å². The van der Waals surface area contributed by atoms with Crippen molar-refractivity contribution in [3.63, 3.8) is 0 Å². The highest BCUT2D eigenvalue weighted by Gasteiger charge is 2.35. The van der Waals surface area contributed by atoms with E-state index in [4.69, 9.17) is 4.98 Å². The van der Waals surface area contributed by atoms with Gasteiger partial charge in [0.1, 0.15) is 5.82 Å². The molecule has 2 aromatic rings. The third-order valence-corrected chi connectivity index (χ3v) is 8.44. The smallest absolute Gasteiger partial charge is 0.303 e. The minimum atomic E-state index is -3.61. The second-order valence-corrected chi connectivity index (χ2v) is 10.5. The first-order chi connectivity index (χ1) is 14.7. The number of aromatic nitrogens is 2. The Morgan fingerprint density at radius 2 is 1.90 bits per heavy atom. The molecule has 2 heterocycles. The highest BCUT2D eigenvalue weighted by molar-refractivity contribution is 7.90. The van der Waals surface area contributed by atoms with Crippen LogP contribution in [0.5, 0.6) is 0 Å². The van der Waals surface area contributed by atoms with E-state index in [2.05, 4.69) is 9.88 Å². The van der Waals surface area contributed by atoms with Gasteiger partial charge in [-0.1, -0.05) is 6.92 Å². The van der Waals surface area contributed by atoms with Gasteiger partial charge in [0.05, 0.1) is 16.7 Å². The Labute approximate surface area is 182 Å². The van der Waals surface area contributed by atoms with Crippen LogP contribution < -0.4 is 9.62 Å². The Bertz CT molecular complexity index is 1020. The van der Waals surface area contributed by atoms with Crippen molar-refractivity contribution >= 4 is 26.9 Å². The van der Waals surface area contributed by atoms with Crippen molar-refractivity contribution in [3.05, 3.63) is 24.0 Å². The Morgan fingerprint density at radius 1 is 1.23 bits per heavy atom. The maximum atomic E-state index is 13.5. The molecule has 0 bridgehead atoms. The number of hydrogen-bond donors (Lipinski definition) is 1. The molecule has 4 rings (SSSR count). The molecule has 0 atom stereocenters. The van der Waals surface area contributed by atoms with Crippen LogP contribution in [0.3, 0.4) is 0 Å². The second kappa shape index (κ2) is 8.63. The Morgan fingerprint density at radius 3 is 2.55 bits per heavy atom. The summed E-state index contributed by atoms with van der Waals surface area (Å²) in [6.45, 7) is 4.87. The van der Waals surface area contributed by atoms with Gasteiger partial charge in [0, 0.05) is 59.0 Å². The van der Waals surface area contributed by atoms with Crippen molar-refractivity contribution in [1.82, 2.24) is 19.2 Å². The molecule has 1 N–H and O–H groups in total. The summed E-state index contributed by atoms with van der Waals surface area (Å²) in [5.41, 5.74) is 2.22. The third-order valence-electron chi connectivity index (χ3n) is 6.52. The van der Waals surface area contributed by atoms with Gasteiger partial charge >= 0.3 is 10.2 Å². The predicted octanol–water partition coefficient (Wildman–Crippen LogP) is 3.01. The zero-order valence-electron chi connectivity index (χ0n) is 18.1. The molecule has 2 aliphatic rings. The topological polar surface area (TPSA) is 70.5 Å². The average molecular weight is 456 g/mol. The monoisotopic (exact) mass is 455 g/mol. The van der Waals surface area contributed by atoms with Crippen LogP contribution >= 0.6 is 0 Å². The van der Waals surface area contributed by atoms with E-state index < -0.39 is 16.1 Å². The maximum absolute atomic E-state index is 13.5. The minimum Gasteiger partial charge on any atom is -0.328 e. The third kappa shape index (κ3) is 4.56. The van der Waals surface area contributed by atoms with Crippen LogP contribution in [0, 0.1) is 5.92 Å². The largest absolute Gasteiger partial charge is 0.328 e. The summed E-state index contributed by atoms with van der Waals surface area (Å²) in [6.07, 6.45) is 1.65. The zero-order chi connectivity index (χ0) is 22.2. The number of alkyl halides is 2. The van der Waals surface area contributed by atoms with Crippen LogP contribution in [0.15, 0.2) is 18.2 Å². The molecule has 10 heteroatoms. The predicted molar refractivity (Wildman–Crippen MR) is 118 cm³/mol. The molecule has 1 aliphatic heterocycles. The molecule has 172 valence electrons. The molecule has 0 radical (unpaired) electrons. The fourth-order valence-electron chi connectivity index (χ4n) is 4.56.